The molecule has 7 nitrogen and oxygen atoms in total. The number of rotatable bonds is 5. The molecule has 0 unspecified atom stereocenters. The molecule has 0 aliphatic heterocycles. The van der Waals surface area contributed by atoms with Crippen molar-refractivity contribution in [3.8, 4) is 5.13 Å². The average molecular weight is 409 g/mol. The summed E-state index contributed by atoms with van der Waals surface area (Å²) in [5.41, 5.74) is 3.04. The molecule has 2 heterocycles. The van der Waals surface area contributed by atoms with Gasteiger partial charge in [-0.3, -0.25) is 20.1 Å². The van der Waals surface area contributed by atoms with E-state index in [4.69, 9.17) is 0 Å². The van der Waals surface area contributed by atoms with Crippen LogP contribution in [0.2, 0.25) is 0 Å². The van der Waals surface area contributed by atoms with Crippen LogP contribution in [0.15, 0.2) is 40.9 Å². The Morgan fingerprint density at radius 3 is 2.68 bits per heavy atom. The third-order valence-electron chi connectivity index (χ3n) is 3.99. The molecular formula is C17H14F3N5O2S. The Balaban J connectivity index is 1.86. The molecule has 146 valence electrons. The van der Waals surface area contributed by atoms with Crippen molar-refractivity contribution in [1.82, 2.24) is 9.55 Å². The topological polar surface area (TPSA) is 85.4 Å². The van der Waals surface area contributed by atoms with Crippen molar-refractivity contribution in [2.75, 3.05) is 5.43 Å². The molecule has 11 heteroatoms. The number of nitro groups is 1. The standard InChI is InChI=1S/C17H14F3N5O2S/c1-10-7-12(11(2)24(10)16-21-5-6-28-16)9-22-23-14-4-3-13(17(18,19)20)8-15(14)25(26)27/h3-9,23H,1-2H3/b22-9-. The van der Waals surface area contributed by atoms with Crippen LogP contribution in [-0.2, 0) is 6.18 Å². The molecule has 0 saturated heterocycles. The van der Waals surface area contributed by atoms with Crippen LogP contribution in [0.1, 0.15) is 22.5 Å². The van der Waals surface area contributed by atoms with Crippen LogP contribution < -0.4 is 5.43 Å². The summed E-state index contributed by atoms with van der Waals surface area (Å²) in [6, 6.07) is 4.09. The highest BCUT2D eigenvalue weighted by Gasteiger charge is 2.33. The minimum Gasteiger partial charge on any atom is -0.294 e. The van der Waals surface area contributed by atoms with Crippen molar-refractivity contribution in [3.05, 3.63) is 68.5 Å². The van der Waals surface area contributed by atoms with Gasteiger partial charge in [-0.15, -0.1) is 11.3 Å². The first-order valence-electron chi connectivity index (χ1n) is 7.92. The zero-order chi connectivity index (χ0) is 20.5. The number of benzene rings is 1. The van der Waals surface area contributed by atoms with E-state index in [0.717, 1.165) is 34.2 Å². The van der Waals surface area contributed by atoms with E-state index in [0.29, 0.717) is 6.07 Å². The highest BCUT2D eigenvalue weighted by molar-refractivity contribution is 7.12. The van der Waals surface area contributed by atoms with Gasteiger partial charge >= 0.3 is 6.18 Å². The molecule has 28 heavy (non-hydrogen) atoms. The maximum absolute atomic E-state index is 12.8. The molecule has 0 fully saturated rings. The van der Waals surface area contributed by atoms with E-state index >= 15 is 0 Å². The molecule has 0 aliphatic carbocycles. The molecule has 1 aromatic carbocycles. The van der Waals surface area contributed by atoms with Crippen molar-refractivity contribution in [2.24, 2.45) is 5.10 Å². The van der Waals surface area contributed by atoms with Gasteiger partial charge in [-0.05, 0) is 32.0 Å². The van der Waals surface area contributed by atoms with Crippen LogP contribution >= 0.6 is 11.3 Å². The predicted molar refractivity (Wildman–Crippen MR) is 100 cm³/mol. The van der Waals surface area contributed by atoms with Crippen LogP contribution in [0.5, 0.6) is 0 Å². The molecule has 1 N–H and O–H groups in total. The monoisotopic (exact) mass is 409 g/mol. The van der Waals surface area contributed by atoms with Gasteiger partial charge in [0.15, 0.2) is 5.13 Å². The summed E-state index contributed by atoms with van der Waals surface area (Å²) in [5, 5.41) is 17.7. The Morgan fingerprint density at radius 1 is 1.32 bits per heavy atom. The fourth-order valence-corrected chi connectivity index (χ4v) is 3.42. The molecule has 3 rings (SSSR count). The fraction of sp³-hybridized carbons (Fsp3) is 0.176. The lowest BCUT2D eigenvalue weighted by molar-refractivity contribution is -0.384. The summed E-state index contributed by atoms with van der Waals surface area (Å²) in [6.45, 7) is 3.77. The highest BCUT2D eigenvalue weighted by atomic mass is 32.1. The van der Waals surface area contributed by atoms with E-state index in [2.05, 4.69) is 15.5 Å². The predicted octanol–water partition coefficient (Wildman–Crippen LogP) is 4.92. The van der Waals surface area contributed by atoms with E-state index in [-0.39, 0.29) is 5.69 Å². The molecule has 0 atom stereocenters. The molecule has 0 amide bonds. The van der Waals surface area contributed by atoms with Gasteiger partial charge in [0.2, 0.25) is 0 Å². The third-order valence-corrected chi connectivity index (χ3v) is 4.75. The number of nitrogens with zero attached hydrogens (tertiary/aromatic N) is 4. The summed E-state index contributed by atoms with van der Waals surface area (Å²) in [5.74, 6) is 0. The van der Waals surface area contributed by atoms with Gasteiger partial charge in [0.05, 0.1) is 16.7 Å². The first-order chi connectivity index (χ1) is 13.2. The number of hydrazone groups is 1. The minimum absolute atomic E-state index is 0.136. The second-order valence-electron chi connectivity index (χ2n) is 5.83. The van der Waals surface area contributed by atoms with Crippen LogP contribution in [0.4, 0.5) is 24.5 Å². The van der Waals surface area contributed by atoms with E-state index in [1.54, 1.807) is 6.20 Å². The van der Waals surface area contributed by atoms with E-state index in [9.17, 15) is 23.3 Å². The molecule has 0 aliphatic rings. The van der Waals surface area contributed by atoms with Crippen LogP contribution in [0, 0.1) is 24.0 Å². The summed E-state index contributed by atoms with van der Waals surface area (Å²) in [4.78, 5) is 14.5. The van der Waals surface area contributed by atoms with Crippen molar-refractivity contribution in [2.45, 2.75) is 20.0 Å². The number of thiazole rings is 1. The number of aryl methyl sites for hydroxylation is 1. The van der Waals surface area contributed by atoms with Gasteiger partial charge in [0.25, 0.3) is 5.69 Å². The van der Waals surface area contributed by atoms with Gasteiger partial charge in [0.1, 0.15) is 5.69 Å². The second kappa shape index (κ2) is 7.43. The number of alkyl halides is 3. The Morgan fingerprint density at radius 2 is 2.07 bits per heavy atom. The van der Waals surface area contributed by atoms with E-state index < -0.39 is 22.4 Å². The lowest BCUT2D eigenvalue weighted by Crippen LogP contribution is -2.06. The Hall–Kier alpha value is -3.21. The third kappa shape index (κ3) is 3.88. The highest BCUT2D eigenvalue weighted by Crippen LogP contribution is 2.35. The number of anilines is 1. The average Bonchev–Trinajstić information content (AvgIpc) is 3.22. The zero-order valence-electron chi connectivity index (χ0n) is 14.7. The van der Waals surface area contributed by atoms with Crippen molar-refractivity contribution in [1.29, 1.82) is 0 Å². The van der Waals surface area contributed by atoms with Gasteiger partial charge in [-0.1, -0.05) is 0 Å². The Bertz CT molecular complexity index is 1040. The minimum atomic E-state index is -4.67. The number of aromatic nitrogens is 2. The second-order valence-corrected chi connectivity index (χ2v) is 6.71. The first kappa shape index (κ1) is 19.5. The van der Waals surface area contributed by atoms with Crippen molar-refractivity contribution in [3.63, 3.8) is 0 Å². The number of hydrogen-bond acceptors (Lipinski definition) is 6. The van der Waals surface area contributed by atoms with Crippen molar-refractivity contribution >= 4 is 28.9 Å². The van der Waals surface area contributed by atoms with Crippen LogP contribution in [0.3, 0.4) is 0 Å². The molecular weight excluding hydrogens is 395 g/mol. The zero-order valence-corrected chi connectivity index (χ0v) is 15.5. The maximum atomic E-state index is 12.8. The molecule has 0 spiro atoms. The quantitative estimate of drug-likeness (QED) is 0.368. The first-order valence-corrected chi connectivity index (χ1v) is 8.80. The molecule has 2 aromatic heterocycles. The van der Waals surface area contributed by atoms with Crippen LogP contribution in [-0.4, -0.2) is 20.7 Å². The number of nitrogens with one attached hydrogen (secondary N) is 1. The van der Waals surface area contributed by atoms with Crippen molar-refractivity contribution < 1.29 is 18.1 Å². The summed E-state index contributed by atoms with van der Waals surface area (Å²) < 4.78 is 40.2. The fourth-order valence-electron chi connectivity index (χ4n) is 2.66. The molecule has 0 saturated carbocycles. The smallest absolute Gasteiger partial charge is 0.294 e. The van der Waals surface area contributed by atoms with Crippen LogP contribution in [0.25, 0.3) is 5.13 Å². The molecule has 3 aromatic rings. The maximum Gasteiger partial charge on any atom is 0.416 e. The normalized spacial score (nSPS) is 11.9. The number of hydrogen-bond donors (Lipinski definition) is 1. The summed E-state index contributed by atoms with van der Waals surface area (Å²) in [6.07, 6.45) is -1.52. The molecule has 0 radical (unpaired) electrons. The SMILES string of the molecule is Cc1cc(/C=N\Nc2ccc(C(F)(F)F)cc2[N+](=O)[O-])c(C)n1-c1nccs1. The lowest BCUT2D eigenvalue weighted by Gasteiger charge is -2.08. The largest absolute Gasteiger partial charge is 0.416 e. The Labute approximate surface area is 161 Å². The van der Waals surface area contributed by atoms with Gasteiger partial charge in [-0.25, -0.2) is 4.98 Å². The van der Waals surface area contributed by atoms with Gasteiger partial charge in [-0.2, -0.15) is 18.3 Å². The molecule has 0 bridgehead atoms. The van der Waals surface area contributed by atoms with E-state index in [1.165, 1.54) is 17.6 Å². The van der Waals surface area contributed by atoms with Gasteiger partial charge in [0, 0.05) is 34.6 Å². The summed E-state index contributed by atoms with van der Waals surface area (Å²) >= 11 is 1.47. The Kier molecular flexibility index (Phi) is 5.18. The number of halogens is 3. The summed E-state index contributed by atoms with van der Waals surface area (Å²) in [7, 11) is 0. The number of nitro benzene ring substituents is 1. The lowest BCUT2D eigenvalue weighted by atomic mass is 10.1. The van der Waals surface area contributed by atoms with E-state index in [1.807, 2.05) is 29.9 Å². The van der Waals surface area contributed by atoms with Gasteiger partial charge < -0.3 is 0 Å².